The van der Waals surface area contributed by atoms with Crippen LogP contribution in [-0.2, 0) is 11.2 Å². The van der Waals surface area contributed by atoms with Gasteiger partial charge >= 0.3 is 17.9 Å². The zero-order valence-electron chi connectivity index (χ0n) is 12.2. The van der Waals surface area contributed by atoms with E-state index in [1.54, 1.807) is 0 Å². The largest absolute Gasteiger partial charge is 0.481 e. The van der Waals surface area contributed by atoms with Crippen molar-refractivity contribution in [3.8, 4) is 0 Å². The minimum atomic E-state index is -1.14. The Kier molecular flexibility index (Phi) is 7.08. The van der Waals surface area contributed by atoms with Crippen molar-refractivity contribution in [1.82, 2.24) is 0 Å². The molecule has 22 heavy (non-hydrogen) atoms. The molecule has 0 unspecified atom stereocenters. The lowest BCUT2D eigenvalue weighted by Gasteiger charge is -2.06. The molecule has 120 valence electrons. The summed E-state index contributed by atoms with van der Waals surface area (Å²) < 4.78 is 0. The molecule has 1 rings (SSSR count). The van der Waals surface area contributed by atoms with Gasteiger partial charge in [0.05, 0.1) is 11.1 Å². The third-order valence-electron chi connectivity index (χ3n) is 3.34. The van der Waals surface area contributed by atoms with E-state index in [-0.39, 0.29) is 17.5 Å². The first-order chi connectivity index (χ1) is 10.4. The first-order valence-electron chi connectivity index (χ1n) is 7.22. The third-order valence-corrected chi connectivity index (χ3v) is 3.34. The smallest absolute Gasteiger partial charge is 0.335 e. The normalized spacial score (nSPS) is 10.4. The maximum Gasteiger partial charge on any atom is 0.335 e. The summed E-state index contributed by atoms with van der Waals surface area (Å²) >= 11 is 0. The molecule has 0 aliphatic rings. The molecule has 0 saturated carbocycles. The molecule has 0 heterocycles. The van der Waals surface area contributed by atoms with Crippen LogP contribution in [-0.4, -0.2) is 33.2 Å². The number of carboxylic acids is 3. The number of hydrogen-bond acceptors (Lipinski definition) is 3. The van der Waals surface area contributed by atoms with Gasteiger partial charge in [-0.05, 0) is 43.0 Å². The van der Waals surface area contributed by atoms with Gasteiger partial charge in [0.25, 0.3) is 0 Å². The highest BCUT2D eigenvalue weighted by Gasteiger charge is 2.11. The molecular weight excluding hydrogens is 288 g/mol. The second kappa shape index (κ2) is 8.81. The molecule has 1 aromatic rings. The Morgan fingerprint density at radius 3 is 1.73 bits per heavy atom. The van der Waals surface area contributed by atoms with Gasteiger partial charge in [0.2, 0.25) is 0 Å². The highest BCUT2D eigenvalue weighted by Crippen LogP contribution is 2.15. The fourth-order valence-corrected chi connectivity index (χ4v) is 2.22. The monoisotopic (exact) mass is 308 g/mol. The number of rotatable bonds is 10. The average Bonchev–Trinajstić information content (AvgIpc) is 2.45. The number of aryl methyl sites for hydroxylation is 1. The fraction of sp³-hybridized carbons (Fsp3) is 0.438. The van der Waals surface area contributed by atoms with Gasteiger partial charge in [-0.15, -0.1) is 0 Å². The van der Waals surface area contributed by atoms with Crippen LogP contribution in [0.1, 0.15) is 64.8 Å². The van der Waals surface area contributed by atoms with Crippen LogP contribution in [0.3, 0.4) is 0 Å². The van der Waals surface area contributed by atoms with Crippen molar-refractivity contribution in [3.63, 3.8) is 0 Å². The Morgan fingerprint density at radius 2 is 1.23 bits per heavy atom. The zero-order chi connectivity index (χ0) is 16.5. The topological polar surface area (TPSA) is 112 Å². The van der Waals surface area contributed by atoms with Crippen LogP contribution < -0.4 is 0 Å². The maximum atomic E-state index is 11.0. The van der Waals surface area contributed by atoms with Crippen LogP contribution in [0.15, 0.2) is 18.2 Å². The van der Waals surface area contributed by atoms with E-state index < -0.39 is 17.9 Å². The lowest BCUT2D eigenvalue weighted by molar-refractivity contribution is -0.137. The predicted octanol–water partition coefficient (Wildman–Crippen LogP) is 3.05. The first kappa shape index (κ1) is 17.7. The Balaban J connectivity index is 2.46. The summed E-state index contributed by atoms with van der Waals surface area (Å²) in [5.41, 5.74) is 0.663. The molecule has 0 amide bonds. The van der Waals surface area contributed by atoms with Crippen LogP contribution in [0.25, 0.3) is 0 Å². The first-order valence-corrected chi connectivity index (χ1v) is 7.22. The SMILES string of the molecule is O=C(O)CCCCCCCc1cc(C(=O)O)cc(C(=O)O)c1. The Morgan fingerprint density at radius 1 is 0.727 bits per heavy atom. The lowest BCUT2D eigenvalue weighted by atomic mass is 10.00. The molecule has 0 spiro atoms. The lowest BCUT2D eigenvalue weighted by Crippen LogP contribution is -2.04. The molecule has 0 aromatic heterocycles. The highest BCUT2D eigenvalue weighted by atomic mass is 16.4. The van der Waals surface area contributed by atoms with Gasteiger partial charge in [-0.3, -0.25) is 4.79 Å². The van der Waals surface area contributed by atoms with Crippen molar-refractivity contribution >= 4 is 17.9 Å². The molecule has 0 radical (unpaired) electrons. The molecule has 0 fully saturated rings. The van der Waals surface area contributed by atoms with Crippen LogP contribution >= 0.6 is 0 Å². The van der Waals surface area contributed by atoms with Crippen molar-refractivity contribution in [2.24, 2.45) is 0 Å². The Labute approximate surface area is 128 Å². The van der Waals surface area contributed by atoms with E-state index in [2.05, 4.69) is 0 Å². The number of benzene rings is 1. The van der Waals surface area contributed by atoms with Crippen molar-refractivity contribution in [2.75, 3.05) is 0 Å². The van der Waals surface area contributed by atoms with Gasteiger partial charge in [0.1, 0.15) is 0 Å². The molecule has 1 aromatic carbocycles. The molecule has 0 atom stereocenters. The van der Waals surface area contributed by atoms with E-state index in [1.807, 2.05) is 0 Å². The predicted molar refractivity (Wildman–Crippen MR) is 79.4 cm³/mol. The molecular formula is C16H20O6. The van der Waals surface area contributed by atoms with E-state index in [0.717, 1.165) is 31.7 Å². The summed E-state index contributed by atoms with van der Waals surface area (Å²) in [6, 6.07) is 4.15. The second-order valence-electron chi connectivity index (χ2n) is 5.19. The van der Waals surface area contributed by atoms with E-state index in [9.17, 15) is 14.4 Å². The maximum absolute atomic E-state index is 11.0. The number of hydrogen-bond donors (Lipinski definition) is 3. The summed E-state index contributed by atoms with van der Waals surface area (Å²) in [6.07, 6.45) is 4.93. The molecule has 6 heteroatoms. The van der Waals surface area contributed by atoms with Crippen molar-refractivity contribution in [3.05, 3.63) is 34.9 Å². The molecule has 0 aliphatic heterocycles. The summed E-state index contributed by atoms with van der Waals surface area (Å²) in [5.74, 6) is -3.07. The van der Waals surface area contributed by atoms with Gasteiger partial charge in [0.15, 0.2) is 0 Å². The average molecular weight is 308 g/mol. The minimum absolute atomic E-state index is 0.0173. The molecule has 0 saturated heterocycles. The molecule has 0 bridgehead atoms. The number of carboxylic acid groups (broad SMARTS) is 3. The van der Waals surface area contributed by atoms with Gasteiger partial charge in [-0.1, -0.05) is 19.3 Å². The number of aromatic carboxylic acids is 2. The van der Waals surface area contributed by atoms with Gasteiger partial charge < -0.3 is 15.3 Å². The van der Waals surface area contributed by atoms with E-state index in [4.69, 9.17) is 15.3 Å². The number of carbonyl (C=O) groups is 3. The van der Waals surface area contributed by atoms with Crippen LogP contribution in [0.5, 0.6) is 0 Å². The molecule has 3 N–H and O–H groups in total. The third kappa shape index (κ3) is 6.39. The summed E-state index contributed by atoms with van der Waals surface area (Å²) in [5, 5.41) is 26.5. The van der Waals surface area contributed by atoms with Crippen molar-refractivity contribution in [1.29, 1.82) is 0 Å². The van der Waals surface area contributed by atoms with Gasteiger partial charge in [-0.2, -0.15) is 0 Å². The second-order valence-corrected chi connectivity index (χ2v) is 5.19. The summed E-state index contributed by atoms with van der Waals surface area (Å²) in [6.45, 7) is 0. The van der Waals surface area contributed by atoms with Gasteiger partial charge in [-0.25, -0.2) is 9.59 Å². The summed E-state index contributed by atoms with van der Waals surface area (Å²) in [7, 11) is 0. The Bertz CT molecular complexity index is 517. The van der Waals surface area contributed by atoms with Crippen LogP contribution in [0.4, 0.5) is 0 Å². The molecule has 6 nitrogen and oxygen atoms in total. The fourth-order valence-electron chi connectivity index (χ4n) is 2.22. The minimum Gasteiger partial charge on any atom is -0.481 e. The van der Waals surface area contributed by atoms with E-state index >= 15 is 0 Å². The quantitative estimate of drug-likeness (QED) is 0.573. The molecule has 0 aliphatic carbocycles. The van der Waals surface area contributed by atoms with Gasteiger partial charge in [0, 0.05) is 6.42 Å². The Hall–Kier alpha value is -2.37. The van der Waals surface area contributed by atoms with Crippen LogP contribution in [0, 0.1) is 0 Å². The van der Waals surface area contributed by atoms with Crippen molar-refractivity contribution < 1.29 is 29.7 Å². The highest BCUT2D eigenvalue weighted by molar-refractivity contribution is 5.94. The van der Waals surface area contributed by atoms with E-state index in [1.165, 1.54) is 12.1 Å². The standard InChI is InChI=1S/C16H20O6/c17-14(18)7-5-3-1-2-4-6-11-8-12(15(19)20)10-13(9-11)16(21)22/h8-10H,1-7H2,(H,17,18)(H,19,20)(H,21,22). The zero-order valence-corrected chi connectivity index (χ0v) is 12.2. The number of unbranched alkanes of at least 4 members (excludes halogenated alkanes) is 4. The van der Waals surface area contributed by atoms with Crippen molar-refractivity contribution in [2.45, 2.75) is 44.9 Å². The number of aliphatic carboxylic acids is 1. The summed E-state index contributed by atoms with van der Waals surface area (Å²) in [4.78, 5) is 32.3. The van der Waals surface area contributed by atoms with E-state index in [0.29, 0.717) is 18.4 Å². The van der Waals surface area contributed by atoms with Crippen LogP contribution in [0.2, 0.25) is 0 Å².